The van der Waals surface area contributed by atoms with E-state index < -0.39 is 0 Å². The van der Waals surface area contributed by atoms with E-state index in [0.29, 0.717) is 23.7 Å². The first-order valence-corrected chi connectivity index (χ1v) is 6.79. The van der Waals surface area contributed by atoms with E-state index in [4.69, 9.17) is 10.5 Å². The lowest BCUT2D eigenvalue weighted by Crippen LogP contribution is -2.48. The fourth-order valence-corrected chi connectivity index (χ4v) is 2.52. The van der Waals surface area contributed by atoms with Crippen molar-refractivity contribution in [2.75, 3.05) is 50.5 Å². The smallest absolute Gasteiger partial charge is 0.148 e. The van der Waals surface area contributed by atoms with E-state index >= 15 is 0 Å². The first kappa shape index (κ1) is 14.9. The molecule has 1 aliphatic heterocycles. The molecule has 1 fully saturated rings. The molecule has 0 spiro atoms. The van der Waals surface area contributed by atoms with Gasteiger partial charge in [0.2, 0.25) is 0 Å². The monoisotopic (exact) mass is 283 g/mol. The predicted molar refractivity (Wildman–Crippen MR) is 77.7 cm³/mol. The van der Waals surface area contributed by atoms with E-state index in [1.165, 1.54) is 13.2 Å². The summed E-state index contributed by atoms with van der Waals surface area (Å²) in [6.07, 6.45) is -0.338. The van der Waals surface area contributed by atoms with Gasteiger partial charge in [0.15, 0.2) is 0 Å². The average molecular weight is 283 g/mol. The summed E-state index contributed by atoms with van der Waals surface area (Å²) in [5.74, 6) is 0.167. The van der Waals surface area contributed by atoms with Crippen molar-refractivity contribution in [3.8, 4) is 5.75 Å². The number of anilines is 2. The van der Waals surface area contributed by atoms with Gasteiger partial charge in [0, 0.05) is 44.9 Å². The summed E-state index contributed by atoms with van der Waals surface area (Å²) in [7, 11) is 1.52. The SMILES string of the molecule is COc1cc(N2CCN(CC(C)O)CC2)c(F)cc1N. The number of nitrogens with zero attached hydrogens (tertiary/aromatic N) is 2. The van der Waals surface area contributed by atoms with Crippen molar-refractivity contribution in [3.63, 3.8) is 0 Å². The summed E-state index contributed by atoms with van der Waals surface area (Å²) in [5.41, 5.74) is 6.52. The highest BCUT2D eigenvalue weighted by molar-refractivity contribution is 5.63. The molecule has 0 bridgehead atoms. The molecule has 3 N–H and O–H groups in total. The van der Waals surface area contributed by atoms with Gasteiger partial charge in [-0.1, -0.05) is 0 Å². The number of aliphatic hydroxyl groups excluding tert-OH is 1. The van der Waals surface area contributed by atoms with Gasteiger partial charge in [0.1, 0.15) is 11.6 Å². The minimum absolute atomic E-state index is 0.307. The Hall–Kier alpha value is -1.53. The number of nitrogens with two attached hydrogens (primary N) is 1. The first-order valence-electron chi connectivity index (χ1n) is 6.79. The number of ether oxygens (including phenoxy) is 1. The molecule has 5 nitrogen and oxygen atoms in total. The lowest BCUT2D eigenvalue weighted by atomic mass is 10.2. The molecule has 112 valence electrons. The minimum atomic E-state index is -0.338. The van der Waals surface area contributed by atoms with Crippen LogP contribution >= 0.6 is 0 Å². The fourth-order valence-electron chi connectivity index (χ4n) is 2.52. The highest BCUT2D eigenvalue weighted by Crippen LogP contribution is 2.31. The van der Waals surface area contributed by atoms with Crippen LogP contribution < -0.4 is 15.4 Å². The van der Waals surface area contributed by atoms with Crippen LogP contribution in [0.15, 0.2) is 12.1 Å². The second-order valence-corrected chi connectivity index (χ2v) is 5.18. The molecule has 20 heavy (non-hydrogen) atoms. The number of hydrogen-bond donors (Lipinski definition) is 2. The van der Waals surface area contributed by atoms with Crippen LogP contribution in [0.5, 0.6) is 5.75 Å². The molecule has 1 unspecified atom stereocenters. The molecule has 1 aliphatic rings. The Morgan fingerprint density at radius 1 is 1.35 bits per heavy atom. The maximum atomic E-state index is 14.0. The van der Waals surface area contributed by atoms with Crippen molar-refractivity contribution in [2.24, 2.45) is 0 Å². The van der Waals surface area contributed by atoms with Gasteiger partial charge in [-0.2, -0.15) is 0 Å². The summed E-state index contributed by atoms with van der Waals surface area (Å²) in [4.78, 5) is 4.16. The third-order valence-electron chi connectivity index (χ3n) is 3.53. The summed E-state index contributed by atoms with van der Waals surface area (Å²) >= 11 is 0. The molecule has 0 amide bonds. The molecule has 1 aromatic carbocycles. The quantitative estimate of drug-likeness (QED) is 0.805. The number of benzene rings is 1. The van der Waals surface area contributed by atoms with E-state index in [1.807, 2.05) is 4.90 Å². The summed E-state index contributed by atoms with van der Waals surface area (Å²) in [5, 5.41) is 9.38. The van der Waals surface area contributed by atoms with Crippen LogP contribution in [-0.2, 0) is 0 Å². The molecule has 0 saturated carbocycles. The van der Waals surface area contributed by atoms with E-state index in [2.05, 4.69) is 4.90 Å². The standard InChI is InChI=1S/C14H22FN3O2/c1-10(19)9-17-3-5-18(6-4-17)13-8-14(20-2)12(16)7-11(13)15/h7-8,10,19H,3-6,9,16H2,1-2H3. The minimum Gasteiger partial charge on any atom is -0.495 e. The number of nitrogen functional groups attached to an aromatic ring is 1. The Labute approximate surface area is 118 Å². The second kappa shape index (κ2) is 6.28. The summed E-state index contributed by atoms with van der Waals surface area (Å²) < 4.78 is 19.2. The third-order valence-corrected chi connectivity index (χ3v) is 3.53. The molecule has 0 aromatic heterocycles. The molecule has 1 aromatic rings. The van der Waals surface area contributed by atoms with Crippen LogP contribution in [0.25, 0.3) is 0 Å². The topological polar surface area (TPSA) is 62.0 Å². The summed E-state index contributed by atoms with van der Waals surface area (Å²) in [6.45, 7) is 5.47. The molecular weight excluding hydrogens is 261 g/mol. The van der Waals surface area contributed by atoms with Gasteiger partial charge in [0.05, 0.1) is 24.6 Å². The van der Waals surface area contributed by atoms with Crippen molar-refractivity contribution in [1.29, 1.82) is 0 Å². The maximum Gasteiger partial charge on any atom is 0.148 e. The zero-order valence-corrected chi connectivity index (χ0v) is 12.0. The molecule has 0 radical (unpaired) electrons. The predicted octanol–water partition coefficient (Wildman–Crippen LogP) is 0.919. The Bertz CT molecular complexity index is 460. The van der Waals surface area contributed by atoms with Crippen LogP contribution in [0.2, 0.25) is 0 Å². The lowest BCUT2D eigenvalue weighted by molar-refractivity contribution is 0.122. The van der Waals surface area contributed by atoms with Crippen molar-refractivity contribution in [3.05, 3.63) is 17.9 Å². The number of aliphatic hydroxyl groups is 1. The summed E-state index contributed by atoms with van der Waals surface area (Å²) in [6, 6.07) is 2.95. The van der Waals surface area contributed by atoms with Gasteiger partial charge < -0.3 is 20.5 Å². The Morgan fingerprint density at radius 3 is 2.55 bits per heavy atom. The molecule has 0 aliphatic carbocycles. The zero-order valence-electron chi connectivity index (χ0n) is 12.0. The first-order chi connectivity index (χ1) is 9.51. The molecule has 6 heteroatoms. The van der Waals surface area contributed by atoms with E-state index in [9.17, 15) is 9.50 Å². The maximum absolute atomic E-state index is 14.0. The average Bonchev–Trinajstić information content (AvgIpc) is 2.39. The molecule has 2 rings (SSSR count). The van der Waals surface area contributed by atoms with Crippen molar-refractivity contribution in [1.82, 2.24) is 4.90 Å². The molecule has 1 atom stereocenters. The van der Waals surface area contributed by atoms with Crippen LogP contribution in [0.1, 0.15) is 6.92 Å². The highest BCUT2D eigenvalue weighted by atomic mass is 19.1. The van der Waals surface area contributed by atoms with Crippen LogP contribution in [0.3, 0.4) is 0 Å². The van der Waals surface area contributed by atoms with Gasteiger partial charge in [-0.25, -0.2) is 4.39 Å². The van der Waals surface area contributed by atoms with Crippen LogP contribution in [0, 0.1) is 5.82 Å². The van der Waals surface area contributed by atoms with Crippen molar-refractivity contribution < 1.29 is 14.2 Å². The van der Waals surface area contributed by atoms with Crippen LogP contribution in [-0.4, -0.2) is 55.9 Å². The van der Waals surface area contributed by atoms with E-state index in [-0.39, 0.29) is 11.9 Å². The van der Waals surface area contributed by atoms with Gasteiger partial charge in [-0.15, -0.1) is 0 Å². The second-order valence-electron chi connectivity index (χ2n) is 5.18. The van der Waals surface area contributed by atoms with Crippen molar-refractivity contribution in [2.45, 2.75) is 13.0 Å². The molecule has 1 saturated heterocycles. The van der Waals surface area contributed by atoms with E-state index in [1.54, 1.807) is 13.0 Å². The normalized spacial score (nSPS) is 18.1. The molecule has 1 heterocycles. The van der Waals surface area contributed by atoms with Gasteiger partial charge >= 0.3 is 0 Å². The highest BCUT2D eigenvalue weighted by Gasteiger charge is 2.21. The number of β-amino-alcohol motifs (C(OH)–C–C–N with tert-alkyl or cyclic N) is 1. The largest absolute Gasteiger partial charge is 0.495 e. The van der Waals surface area contributed by atoms with Crippen molar-refractivity contribution >= 4 is 11.4 Å². The number of methoxy groups -OCH3 is 1. The van der Waals surface area contributed by atoms with Gasteiger partial charge in [-0.3, -0.25) is 4.90 Å². The molecular formula is C14H22FN3O2. The number of hydrogen-bond acceptors (Lipinski definition) is 5. The zero-order chi connectivity index (χ0) is 14.7. The van der Waals surface area contributed by atoms with Gasteiger partial charge in [0.25, 0.3) is 0 Å². The number of rotatable bonds is 4. The Kier molecular flexibility index (Phi) is 4.67. The van der Waals surface area contributed by atoms with Gasteiger partial charge in [-0.05, 0) is 6.92 Å². The third kappa shape index (κ3) is 3.32. The Balaban J connectivity index is 2.07. The van der Waals surface area contributed by atoms with Crippen LogP contribution in [0.4, 0.5) is 15.8 Å². The van der Waals surface area contributed by atoms with E-state index in [0.717, 1.165) is 26.2 Å². The fraction of sp³-hybridized carbons (Fsp3) is 0.571. The lowest BCUT2D eigenvalue weighted by Gasteiger charge is -2.36. The number of halogens is 1. The Morgan fingerprint density at radius 2 is 2.00 bits per heavy atom. The number of piperazine rings is 1.